The first-order valence-electron chi connectivity index (χ1n) is 5.49. The average Bonchev–Trinajstić information content (AvgIpc) is 2.47. The minimum Gasteiger partial charge on any atom is -0.298 e. The quantitative estimate of drug-likeness (QED) is 0.640. The SMILES string of the molecule is O=Cc1cnc(-c2ccc3ncccc3c2)nc1. The van der Waals surface area contributed by atoms with Crippen molar-refractivity contribution >= 4 is 17.2 Å². The van der Waals surface area contributed by atoms with E-state index in [1.807, 2.05) is 30.3 Å². The Bertz CT molecular complexity index is 708. The third-order valence-electron chi connectivity index (χ3n) is 2.67. The van der Waals surface area contributed by atoms with Crippen molar-refractivity contribution in [3.05, 3.63) is 54.5 Å². The van der Waals surface area contributed by atoms with Crippen LogP contribution in [0.2, 0.25) is 0 Å². The van der Waals surface area contributed by atoms with Crippen molar-refractivity contribution in [2.45, 2.75) is 0 Å². The van der Waals surface area contributed by atoms with Crippen molar-refractivity contribution in [3.63, 3.8) is 0 Å². The van der Waals surface area contributed by atoms with Gasteiger partial charge in [-0.1, -0.05) is 6.07 Å². The van der Waals surface area contributed by atoms with Gasteiger partial charge in [0.1, 0.15) is 0 Å². The summed E-state index contributed by atoms with van der Waals surface area (Å²) in [6.07, 6.45) is 5.52. The fourth-order valence-electron chi connectivity index (χ4n) is 1.76. The highest BCUT2D eigenvalue weighted by Crippen LogP contribution is 2.20. The molecular formula is C14H9N3O. The van der Waals surface area contributed by atoms with Crippen LogP contribution >= 0.6 is 0 Å². The van der Waals surface area contributed by atoms with E-state index in [2.05, 4.69) is 15.0 Å². The second kappa shape index (κ2) is 4.33. The van der Waals surface area contributed by atoms with E-state index in [1.54, 1.807) is 6.20 Å². The van der Waals surface area contributed by atoms with Crippen LogP contribution in [0.25, 0.3) is 22.3 Å². The van der Waals surface area contributed by atoms with Gasteiger partial charge in [-0.2, -0.15) is 0 Å². The molecule has 0 radical (unpaired) electrons. The molecule has 0 spiro atoms. The fraction of sp³-hybridized carbons (Fsp3) is 0. The normalized spacial score (nSPS) is 10.4. The zero-order valence-electron chi connectivity index (χ0n) is 9.45. The number of pyridine rings is 1. The first kappa shape index (κ1) is 10.5. The summed E-state index contributed by atoms with van der Waals surface area (Å²) < 4.78 is 0. The Balaban J connectivity index is 2.10. The van der Waals surface area contributed by atoms with Gasteiger partial charge in [0.05, 0.1) is 11.1 Å². The molecule has 3 aromatic rings. The number of aldehydes is 1. The van der Waals surface area contributed by atoms with Crippen LogP contribution in [0.15, 0.2) is 48.9 Å². The molecule has 2 aromatic heterocycles. The molecule has 3 rings (SSSR count). The van der Waals surface area contributed by atoms with E-state index >= 15 is 0 Å². The van der Waals surface area contributed by atoms with Crippen LogP contribution in [0.3, 0.4) is 0 Å². The van der Waals surface area contributed by atoms with E-state index in [4.69, 9.17) is 0 Å². The lowest BCUT2D eigenvalue weighted by Gasteiger charge is -2.02. The lowest BCUT2D eigenvalue weighted by molar-refractivity contribution is 0.112. The van der Waals surface area contributed by atoms with Gasteiger partial charge in [-0.25, -0.2) is 9.97 Å². The second-order valence-electron chi connectivity index (χ2n) is 3.87. The molecule has 2 heterocycles. The molecule has 0 fully saturated rings. The van der Waals surface area contributed by atoms with Crippen molar-refractivity contribution in [3.8, 4) is 11.4 Å². The fourth-order valence-corrected chi connectivity index (χ4v) is 1.76. The maximum Gasteiger partial charge on any atom is 0.159 e. The number of hydrogen-bond donors (Lipinski definition) is 0. The molecule has 18 heavy (non-hydrogen) atoms. The molecule has 0 unspecified atom stereocenters. The second-order valence-corrected chi connectivity index (χ2v) is 3.87. The molecule has 1 aromatic carbocycles. The van der Waals surface area contributed by atoms with Crippen LogP contribution in [0, 0.1) is 0 Å². The van der Waals surface area contributed by atoms with E-state index in [1.165, 1.54) is 12.4 Å². The van der Waals surface area contributed by atoms with E-state index in [-0.39, 0.29) is 0 Å². The molecule has 0 aliphatic carbocycles. The van der Waals surface area contributed by atoms with Gasteiger partial charge in [0, 0.05) is 29.5 Å². The molecule has 0 bridgehead atoms. The smallest absolute Gasteiger partial charge is 0.159 e. The Kier molecular flexibility index (Phi) is 2.53. The van der Waals surface area contributed by atoms with Gasteiger partial charge in [0.15, 0.2) is 12.1 Å². The summed E-state index contributed by atoms with van der Waals surface area (Å²) in [5.74, 6) is 0.603. The monoisotopic (exact) mass is 235 g/mol. The molecule has 0 aliphatic rings. The zero-order valence-corrected chi connectivity index (χ0v) is 9.45. The number of hydrogen-bond acceptors (Lipinski definition) is 4. The van der Waals surface area contributed by atoms with E-state index < -0.39 is 0 Å². The Morgan fingerprint density at radius 3 is 2.61 bits per heavy atom. The third kappa shape index (κ3) is 1.84. The topological polar surface area (TPSA) is 55.7 Å². The predicted molar refractivity (Wildman–Crippen MR) is 68.2 cm³/mol. The highest BCUT2D eigenvalue weighted by Gasteiger charge is 2.02. The van der Waals surface area contributed by atoms with Gasteiger partial charge >= 0.3 is 0 Å². The largest absolute Gasteiger partial charge is 0.298 e. The number of benzene rings is 1. The Morgan fingerprint density at radius 1 is 1.00 bits per heavy atom. The van der Waals surface area contributed by atoms with Gasteiger partial charge < -0.3 is 0 Å². The summed E-state index contributed by atoms with van der Waals surface area (Å²) in [4.78, 5) is 23.1. The molecule has 86 valence electrons. The zero-order chi connectivity index (χ0) is 12.4. The Hall–Kier alpha value is -2.62. The lowest BCUT2D eigenvalue weighted by Crippen LogP contribution is -1.91. The van der Waals surface area contributed by atoms with Crippen LogP contribution < -0.4 is 0 Å². The minimum absolute atomic E-state index is 0.473. The van der Waals surface area contributed by atoms with E-state index in [0.29, 0.717) is 11.4 Å². The maximum atomic E-state index is 10.5. The predicted octanol–water partition coefficient (Wildman–Crippen LogP) is 2.50. The van der Waals surface area contributed by atoms with Gasteiger partial charge in [-0.3, -0.25) is 9.78 Å². The Labute approximate surface area is 103 Å². The molecular weight excluding hydrogens is 226 g/mol. The van der Waals surface area contributed by atoms with Crippen molar-refractivity contribution in [2.75, 3.05) is 0 Å². The van der Waals surface area contributed by atoms with Gasteiger partial charge in [-0.05, 0) is 24.3 Å². The first-order valence-corrected chi connectivity index (χ1v) is 5.49. The first-order chi connectivity index (χ1) is 8.86. The van der Waals surface area contributed by atoms with Gasteiger partial charge in [-0.15, -0.1) is 0 Å². The molecule has 4 nitrogen and oxygen atoms in total. The molecule has 0 atom stereocenters. The number of nitrogens with zero attached hydrogens (tertiary/aromatic N) is 3. The highest BCUT2D eigenvalue weighted by atomic mass is 16.1. The summed E-state index contributed by atoms with van der Waals surface area (Å²) in [5.41, 5.74) is 2.32. The number of aromatic nitrogens is 3. The highest BCUT2D eigenvalue weighted by molar-refractivity contribution is 5.83. The van der Waals surface area contributed by atoms with Crippen molar-refractivity contribution in [2.24, 2.45) is 0 Å². The van der Waals surface area contributed by atoms with Crippen LogP contribution in [0.4, 0.5) is 0 Å². The van der Waals surface area contributed by atoms with Crippen molar-refractivity contribution in [1.29, 1.82) is 0 Å². The molecule has 0 amide bonds. The summed E-state index contributed by atoms with van der Waals surface area (Å²) in [5, 5.41) is 1.04. The maximum absolute atomic E-state index is 10.5. The molecule has 0 saturated heterocycles. The van der Waals surface area contributed by atoms with Crippen molar-refractivity contribution < 1.29 is 4.79 Å². The third-order valence-corrected chi connectivity index (χ3v) is 2.67. The summed E-state index contributed by atoms with van der Waals surface area (Å²) >= 11 is 0. The summed E-state index contributed by atoms with van der Waals surface area (Å²) in [6, 6.07) is 9.72. The Morgan fingerprint density at radius 2 is 1.83 bits per heavy atom. The van der Waals surface area contributed by atoms with Crippen LogP contribution in [-0.4, -0.2) is 21.2 Å². The van der Waals surface area contributed by atoms with Crippen LogP contribution in [0.5, 0.6) is 0 Å². The van der Waals surface area contributed by atoms with Crippen molar-refractivity contribution in [1.82, 2.24) is 15.0 Å². The van der Waals surface area contributed by atoms with Crippen LogP contribution in [-0.2, 0) is 0 Å². The van der Waals surface area contributed by atoms with Gasteiger partial charge in [0.25, 0.3) is 0 Å². The molecule has 4 heteroatoms. The molecule has 0 aliphatic heterocycles. The van der Waals surface area contributed by atoms with Crippen LogP contribution in [0.1, 0.15) is 10.4 Å². The number of rotatable bonds is 2. The lowest BCUT2D eigenvalue weighted by atomic mass is 10.1. The average molecular weight is 235 g/mol. The molecule has 0 saturated carbocycles. The number of carbonyl (C=O) groups excluding carboxylic acids is 1. The number of carbonyl (C=O) groups is 1. The number of fused-ring (bicyclic) bond motifs is 1. The van der Waals surface area contributed by atoms with E-state index in [9.17, 15) is 4.79 Å². The minimum atomic E-state index is 0.473. The summed E-state index contributed by atoms with van der Waals surface area (Å²) in [6.45, 7) is 0. The standard InChI is InChI=1S/C14H9N3O/c18-9-10-7-16-14(17-8-10)12-3-4-13-11(6-12)2-1-5-15-13/h1-9H. The summed E-state index contributed by atoms with van der Waals surface area (Å²) in [7, 11) is 0. The molecule has 0 N–H and O–H groups in total. The van der Waals surface area contributed by atoms with Gasteiger partial charge in [0.2, 0.25) is 0 Å². The van der Waals surface area contributed by atoms with E-state index in [0.717, 1.165) is 22.8 Å².